The zero-order valence-corrected chi connectivity index (χ0v) is 10.7. The molecule has 0 aliphatic rings. The Hall–Kier alpha value is -1.84. The SMILES string of the molecule is CCNc1nc(-c2occc2C)nc(C)c1C. The summed E-state index contributed by atoms with van der Waals surface area (Å²) in [6.45, 7) is 8.89. The highest BCUT2D eigenvalue weighted by Crippen LogP contribution is 2.24. The molecule has 0 amide bonds. The topological polar surface area (TPSA) is 51.0 Å². The average molecular weight is 231 g/mol. The number of aryl methyl sites for hydroxylation is 2. The van der Waals surface area contributed by atoms with Crippen molar-refractivity contribution in [3.8, 4) is 11.6 Å². The van der Waals surface area contributed by atoms with E-state index in [0.717, 1.165) is 34.9 Å². The molecule has 0 aliphatic heterocycles. The number of rotatable bonds is 3. The Labute approximate surface area is 101 Å². The summed E-state index contributed by atoms with van der Waals surface area (Å²) in [7, 11) is 0. The molecular formula is C13H17N3O. The van der Waals surface area contributed by atoms with Gasteiger partial charge in [0, 0.05) is 17.8 Å². The first-order valence-electron chi connectivity index (χ1n) is 5.77. The molecule has 0 aromatic carbocycles. The molecule has 4 heteroatoms. The molecule has 2 aromatic rings. The van der Waals surface area contributed by atoms with Crippen molar-refractivity contribution in [3.63, 3.8) is 0 Å². The Morgan fingerprint density at radius 1 is 1.24 bits per heavy atom. The van der Waals surface area contributed by atoms with Gasteiger partial charge in [0.2, 0.25) is 0 Å². The van der Waals surface area contributed by atoms with Crippen LogP contribution in [0.3, 0.4) is 0 Å². The molecule has 0 fully saturated rings. The highest BCUT2D eigenvalue weighted by Gasteiger charge is 2.13. The number of aromatic nitrogens is 2. The standard InChI is InChI=1S/C13H17N3O/c1-5-14-12-9(3)10(4)15-13(16-12)11-8(2)6-7-17-11/h6-7H,5H2,1-4H3,(H,14,15,16). The predicted octanol–water partition coefficient (Wildman–Crippen LogP) is 3.09. The van der Waals surface area contributed by atoms with E-state index < -0.39 is 0 Å². The van der Waals surface area contributed by atoms with Gasteiger partial charge in [-0.05, 0) is 39.3 Å². The van der Waals surface area contributed by atoms with Crippen LogP contribution in [-0.2, 0) is 0 Å². The Morgan fingerprint density at radius 2 is 2.00 bits per heavy atom. The van der Waals surface area contributed by atoms with Gasteiger partial charge in [-0.25, -0.2) is 9.97 Å². The number of nitrogens with one attached hydrogen (secondary N) is 1. The monoisotopic (exact) mass is 231 g/mol. The fourth-order valence-electron chi connectivity index (χ4n) is 1.67. The van der Waals surface area contributed by atoms with Gasteiger partial charge in [0.15, 0.2) is 11.6 Å². The van der Waals surface area contributed by atoms with Gasteiger partial charge in [-0.3, -0.25) is 0 Å². The molecule has 0 unspecified atom stereocenters. The molecule has 2 heterocycles. The van der Waals surface area contributed by atoms with Crippen molar-refractivity contribution in [2.45, 2.75) is 27.7 Å². The van der Waals surface area contributed by atoms with Gasteiger partial charge in [0.05, 0.1) is 6.26 Å². The van der Waals surface area contributed by atoms with Crippen LogP contribution in [0.1, 0.15) is 23.7 Å². The zero-order chi connectivity index (χ0) is 12.4. The number of anilines is 1. The van der Waals surface area contributed by atoms with Gasteiger partial charge in [0.25, 0.3) is 0 Å². The second-order valence-corrected chi connectivity index (χ2v) is 4.07. The van der Waals surface area contributed by atoms with Crippen LogP contribution in [0.2, 0.25) is 0 Å². The maximum absolute atomic E-state index is 5.43. The van der Waals surface area contributed by atoms with E-state index in [9.17, 15) is 0 Å². The predicted molar refractivity (Wildman–Crippen MR) is 68.1 cm³/mol. The van der Waals surface area contributed by atoms with Crippen molar-refractivity contribution < 1.29 is 4.42 Å². The maximum Gasteiger partial charge on any atom is 0.198 e. The molecule has 90 valence electrons. The normalized spacial score (nSPS) is 10.6. The van der Waals surface area contributed by atoms with Crippen LogP contribution >= 0.6 is 0 Å². The molecule has 0 atom stereocenters. The van der Waals surface area contributed by atoms with Gasteiger partial charge in [-0.2, -0.15) is 0 Å². The molecule has 0 saturated carbocycles. The highest BCUT2D eigenvalue weighted by atomic mass is 16.3. The van der Waals surface area contributed by atoms with E-state index in [2.05, 4.69) is 22.2 Å². The summed E-state index contributed by atoms with van der Waals surface area (Å²) in [4.78, 5) is 8.98. The second-order valence-electron chi connectivity index (χ2n) is 4.07. The van der Waals surface area contributed by atoms with Crippen LogP contribution in [0, 0.1) is 20.8 Å². The Balaban J connectivity index is 2.53. The lowest BCUT2D eigenvalue weighted by molar-refractivity contribution is 0.575. The van der Waals surface area contributed by atoms with E-state index in [1.165, 1.54) is 0 Å². The third kappa shape index (κ3) is 2.16. The van der Waals surface area contributed by atoms with Crippen LogP contribution in [0.25, 0.3) is 11.6 Å². The minimum absolute atomic E-state index is 0.645. The molecule has 2 rings (SSSR count). The van der Waals surface area contributed by atoms with Gasteiger partial charge < -0.3 is 9.73 Å². The zero-order valence-electron chi connectivity index (χ0n) is 10.7. The number of furan rings is 1. The molecule has 0 spiro atoms. The van der Waals surface area contributed by atoms with Gasteiger partial charge in [0.1, 0.15) is 5.82 Å². The van der Waals surface area contributed by atoms with Gasteiger partial charge in [-0.15, -0.1) is 0 Å². The van der Waals surface area contributed by atoms with Crippen molar-refractivity contribution in [1.29, 1.82) is 0 Å². The van der Waals surface area contributed by atoms with Crippen molar-refractivity contribution in [1.82, 2.24) is 9.97 Å². The van der Waals surface area contributed by atoms with Crippen LogP contribution in [-0.4, -0.2) is 16.5 Å². The number of hydrogen-bond donors (Lipinski definition) is 1. The van der Waals surface area contributed by atoms with Crippen LogP contribution in [0.4, 0.5) is 5.82 Å². The molecule has 0 saturated heterocycles. The van der Waals surface area contributed by atoms with E-state index in [-0.39, 0.29) is 0 Å². The average Bonchev–Trinajstić information content (AvgIpc) is 2.71. The summed E-state index contributed by atoms with van der Waals surface area (Å²) >= 11 is 0. The largest absolute Gasteiger partial charge is 0.461 e. The van der Waals surface area contributed by atoms with E-state index >= 15 is 0 Å². The summed E-state index contributed by atoms with van der Waals surface area (Å²) < 4.78 is 5.43. The molecule has 0 radical (unpaired) electrons. The quantitative estimate of drug-likeness (QED) is 0.881. The second kappa shape index (κ2) is 4.57. The lowest BCUT2D eigenvalue weighted by Gasteiger charge is -2.10. The first kappa shape index (κ1) is 11.6. The fraction of sp³-hybridized carbons (Fsp3) is 0.385. The third-order valence-electron chi connectivity index (χ3n) is 2.80. The summed E-state index contributed by atoms with van der Waals surface area (Å²) in [5.74, 6) is 2.27. The van der Waals surface area contributed by atoms with E-state index in [1.807, 2.05) is 26.8 Å². The highest BCUT2D eigenvalue weighted by molar-refractivity contribution is 5.57. The third-order valence-corrected chi connectivity index (χ3v) is 2.80. The molecule has 1 N–H and O–H groups in total. The van der Waals surface area contributed by atoms with Gasteiger partial charge in [-0.1, -0.05) is 0 Å². The molecule has 0 bridgehead atoms. The lowest BCUT2D eigenvalue weighted by atomic mass is 10.2. The van der Waals surface area contributed by atoms with Crippen molar-refractivity contribution in [3.05, 3.63) is 29.2 Å². The fourth-order valence-corrected chi connectivity index (χ4v) is 1.67. The summed E-state index contributed by atoms with van der Waals surface area (Å²) in [5, 5.41) is 3.25. The molecular weight excluding hydrogens is 214 g/mol. The van der Waals surface area contributed by atoms with E-state index in [1.54, 1.807) is 6.26 Å². The Bertz CT molecular complexity index is 531. The Kier molecular flexibility index (Phi) is 3.13. The van der Waals surface area contributed by atoms with Crippen molar-refractivity contribution in [2.75, 3.05) is 11.9 Å². The first-order chi connectivity index (χ1) is 8.13. The van der Waals surface area contributed by atoms with Gasteiger partial charge >= 0.3 is 0 Å². The summed E-state index contributed by atoms with van der Waals surface area (Å²) in [5.41, 5.74) is 3.11. The smallest absolute Gasteiger partial charge is 0.198 e. The van der Waals surface area contributed by atoms with Crippen LogP contribution in [0.5, 0.6) is 0 Å². The molecule has 4 nitrogen and oxygen atoms in total. The van der Waals surface area contributed by atoms with Crippen LogP contribution < -0.4 is 5.32 Å². The molecule has 2 aromatic heterocycles. The first-order valence-corrected chi connectivity index (χ1v) is 5.77. The van der Waals surface area contributed by atoms with E-state index in [0.29, 0.717) is 5.82 Å². The summed E-state index contributed by atoms with van der Waals surface area (Å²) in [6.07, 6.45) is 1.66. The van der Waals surface area contributed by atoms with Crippen molar-refractivity contribution >= 4 is 5.82 Å². The number of nitrogens with zero attached hydrogens (tertiary/aromatic N) is 2. The lowest BCUT2D eigenvalue weighted by Crippen LogP contribution is -2.06. The van der Waals surface area contributed by atoms with E-state index in [4.69, 9.17) is 4.42 Å². The maximum atomic E-state index is 5.43. The van der Waals surface area contributed by atoms with Crippen LogP contribution in [0.15, 0.2) is 16.7 Å². The minimum atomic E-state index is 0.645. The van der Waals surface area contributed by atoms with Crippen molar-refractivity contribution in [2.24, 2.45) is 0 Å². The Morgan fingerprint density at radius 3 is 2.59 bits per heavy atom. The minimum Gasteiger partial charge on any atom is -0.461 e. The molecule has 17 heavy (non-hydrogen) atoms. The summed E-state index contributed by atoms with van der Waals surface area (Å²) in [6, 6.07) is 1.92. The number of hydrogen-bond acceptors (Lipinski definition) is 4. The molecule has 0 aliphatic carbocycles.